The molecule has 1 fully saturated rings. The Kier molecular flexibility index (Phi) is 3.98. The number of nitrogens with two attached hydrogens (primary N) is 1. The van der Waals surface area contributed by atoms with Crippen molar-refractivity contribution in [2.75, 3.05) is 64.0 Å². The molecule has 0 saturated carbocycles. The molecule has 1 aliphatic rings. The second-order valence-corrected chi connectivity index (χ2v) is 5.86. The number of fused-ring (bicyclic) bond motifs is 1. The van der Waals surface area contributed by atoms with E-state index in [4.69, 9.17) is 10.2 Å². The molecule has 21 heavy (non-hydrogen) atoms. The fourth-order valence-electron chi connectivity index (χ4n) is 2.57. The van der Waals surface area contributed by atoms with Crippen LogP contribution < -0.4 is 10.6 Å². The van der Waals surface area contributed by atoms with Crippen LogP contribution in [0.25, 0.3) is 11.1 Å². The molecule has 2 aromatic rings. The van der Waals surface area contributed by atoms with E-state index in [1.807, 2.05) is 18.2 Å². The van der Waals surface area contributed by atoms with Crippen molar-refractivity contribution in [1.29, 1.82) is 0 Å². The molecule has 0 radical (unpaired) electrons. The van der Waals surface area contributed by atoms with Gasteiger partial charge in [-0.05, 0) is 32.3 Å². The van der Waals surface area contributed by atoms with Crippen LogP contribution in [0, 0.1) is 0 Å². The van der Waals surface area contributed by atoms with Crippen molar-refractivity contribution in [3.05, 3.63) is 18.2 Å². The average Bonchev–Trinajstić information content (AvgIpc) is 2.88. The van der Waals surface area contributed by atoms with Gasteiger partial charge in [0.15, 0.2) is 5.58 Å². The number of nitrogens with zero attached hydrogens (tertiary/aromatic N) is 4. The average molecular weight is 289 g/mol. The molecule has 0 spiro atoms. The van der Waals surface area contributed by atoms with Crippen LogP contribution in [-0.4, -0.2) is 68.1 Å². The second-order valence-electron chi connectivity index (χ2n) is 5.86. The molecular formula is C15H23N5O. The Hall–Kier alpha value is -1.79. The van der Waals surface area contributed by atoms with Crippen LogP contribution in [0.3, 0.4) is 0 Å². The molecule has 0 unspecified atom stereocenters. The summed E-state index contributed by atoms with van der Waals surface area (Å²) in [6, 6.07) is 6.29. The van der Waals surface area contributed by atoms with E-state index >= 15 is 0 Å². The molecule has 0 bridgehead atoms. The highest BCUT2D eigenvalue weighted by Gasteiger charge is 2.20. The molecule has 2 heterocycles. The van der Waals surface area contributed by atoms with Crippen molar-refractivity contribution in [3.8, 4) is 0 Å². The molecule has 6 heteroatoms. The van der Waals surface area contributed by atoms with Gasteiger partial charge in [-0.1, -0.05) is 0 Å². The number of oxazole rings is 1. The summed E-state index contributed by atoms with van der Waals surface area (Å²) in [5.74, 6) is 0. The lowest BCUT2D eigenvalue weighted by Gasteiger charge is -2.34. The van der Waals surface area contributed by atoms with Gasteiger partial charge in [0, 0.05) is 45.0 Å². The van der Waals surface area contributed by atoms with Crippen molar-refractivity contribution in [2.24, 2.45) is 0 Å². The van der Waals surface area contributed by atoms with Crippen LogP contribution in [0.2, 0.25) is 0 Å². The number of likely N-dealkylation sites (N-methyl/N-ethyl adjacent to an activating group) is 1. The maximum absolute atomic E-state index is 5.83. The first kappa shape index (κ1) is 14.2. The molecule has 1 aromatic carbocycles. The van der Waals surface area contributed by atoms with Crippen LogP contribution in [0.1, 0.15) is 0 Å². The normalized spacial score (nSPS) is 17.0. The molecule has 1 aliphatic heterocycles. The van der Waals surface area contributed by atoms with Gasteiger partial charge in [0.1, 0.15) is 5.52 Å². The number of piperazine rings is 1. The van der Waals surface area contributed by atoms with E-state index in [-0.39, 0.29) is 0 Å². The van der Waals surface area contributed by atoms with Crippen LogP contribution in [0.15, 0.2) is 22.6 Å². The van der Waals surface area contributed by atoms with Crippen molar-refractivity contribution >= 4 is 22.8 Å². The lowest BCUT2D eigenvalue weighted by Crippen LogP contribution is -2.48. The zero-order valence-corrected chi connectivity index (χ0v) is 12.7. The van der Waals surface area contributed by atoms with E-state index in [2.05, 4.69) is 33.8 Å². The molecule has 1 aromatic heterocycles. The summed E-state index contributed by atoms with van der Waals surface area (Å²) in [5, 5.41) is 0. The molecule has 0 atom stereocenters. The fourth-order valence-corrected chi connectivity index (χ4v) is 2.57. The minimum Gasteiger partial charge on any atom is -0.423 e. The molecule has 0 amide bonds. The third-order valence-corrected chi connectivity index (χ3v) is 3.91. The van der Waals surface area contributed by atoms with Crippen LogP contribution in [0.4, 0.5) is 11.7 Å². The molecule has 0 aliphatic carbocycles. The maximum Gasteiger partial charge on any atom is 0.298 e. The van der Waals surface area contributed by atoms with Gasteiger partial charge in [0.2, 0.25) is 0 Å². The Morgan fingerprint density at radius 2 is 2.00 bits per heavy atom. The zero-order chi connectivity index (χ0) is 14.8. The number of rotatable bonds is 4. The number of hydrogen-bond acceptors (Lipinski definition) is 6. The second kappa shape index (κ2) is 5.91. The summed E-state index contributed by atoms with van der Waals surface area (Å²) in [7, 11) is 4.22. The number of anilines is 2. The minimum atomic E-state index is 0.711. The minimum absolute atomic E-state index is 0.711. The van der Waals surface area contributed by atoms with Gasteiger partial charge in [0.05, 0.1) is 0 Å². The van der Waals surface area contributed by atoms with E-state index in [0.717, 1.165) is 56.1 Å². The van der Waals surface area contributed by atoms with Gasteiger partial charge in [-0.3, -0.25) is 4.90 Å². The first-order valence-corrected chi connectivity index (χ1v) is 7.40. The summed E-state index contributed by atoms with van der Waals surface area (Å²) in [6.07, 6.45) is 0. The van der Waals surface area contributed by atoms with Crippen LogP contribution in [-0.2, 0) is 0 Å². The number of benzene rings is 1. The summed E-state index contributed by atoms with van der Waals surface area (Å²) >= 11 is 0. The molecule has 3 rings (SSSR count). The molecular weight excluding hydrogens is 266 g/mol. The van der Waals surface area contributed by atoms with E-state index < -0.39 is 0 Å². The highest BCUT2D eigenvalue weighted by molar-refractivity contribution is 5.78. The highest BCUT2D eigenvalue weighted by Crippen LogP contribution is 2.24. The van der Waals surface area contributed by atoms with Crippen LogP contribution in [0.5, 0.6) is 0 Å². The first-order valence-electron chi connectivity index (χ1n) is 7.40. The Bertz CT molecular complexity index is 601. The summed E-state index contributed by atoms with van der Waals surface area (Å²) in [6.45, 7) is 6.22. The van der Waals surface area contributed by atoms with E-state index in [9.17, 15) is 0 Å². The zero-order valence-electron chi connectivity index (χ0n) is 12.7. The molecule has 6 nitrogen and oxygen atoms in total. The summed E-state index contributed by atoms with van der Waals surface area (Å²) in [5.41, 5.74) is 8.13. The Morgan fingerprint density at radius 1 is 1.24 bits per heavy atom. The topological polar surface area (TPSA) is 61.8 Å². The fraction of sp³-hybridized carbons (Fsp3) is 0.533. The number of aromatic nitrogens is 1. The van der Waals surface area contributed by atoms with Gasteiger partial charge in [-0.25, -0.2) is 0 Å². The third-order valence-electron chi connectivity index (χ3n) is 3.91. The van der Waals surface area contributed by atoms with Crippen molar-refractivity contribution in [2.45, 2.75) is 0 Å². The summed E-state index contributed by atoms with van der Waals surface area (Å²) in [4.78, 5) is 11.5. The van der Waals surface area contributed by atoms with Crippen molar-refractivity contribution in [3.63, 3.8) is 0 Å². The Morgan fingerprint density at radius 3 is 2.71 bits per heavy atom. The smallest absolute Gasteiger partial charge is 0.298 e. The van der Waals surface area contributed by atoms with Gasteiger partial charge in [0.25, 0.3) is 6.01 Å². The highest BCUT2D eigenvalue weighted by atomic mass is 16.4. The predicted octanol–water partition coefficient (Wildman–Crippen LogP) is 1.09. The largest absolute Gasteiger partial charge is 0.423 e. The number of nitrogen functional groups attached to an aromatic ring is 1. The number of hydrogen-bond donors (Lipinski definition) is 1. The quantitative estimate of drug-likeness (QED) is 0.850. The lowest BCUT2D eigenvalue weighted by molar-refractivity contribution is 0.226. The molecule has 1 saturated heterocycles. The van der Waals surface area contributed by atoms with Crippen LogP contribution >= 0.6 is 0 Å². The SMILES string of the molecule is CN(C)CCN1CCN(c2nc3cc(N)ccc3o2)CC1. The Labute approximate surface area is 125 Å². The Balaban J connectivity index is 1.62. The van der Waals surface area contributed by atoms with E-state index in [1.165, 1.54) is 0 Å². The van der Waals surface area contributed by atoms with Crippen molar-refractivity contribution in [1.82, 2.24) is 14.8 Å². The predicted molar refractivity (Wildman–Crippen MR) is 85.6 cm³/mol. The molecule has 2 N–H and O–H groups in total. The van der Waals surface area contributed by atoms with Crippen molar-refractivity contribution < 1.29 is 4.42 Å². The van der Waals surface area contributed by atoms with Gasteiger partial charge >= 0.3 is 0 Å². The maximum atomic E-state index is 5.83. The van der Waals surface area contributed by atoms with E-state index in [0.29, 0.717) is 6.01 Å². The van der Waals surface area contributed by atoms with Gasteiger partial charge in [-0.15, -0.1) is 0 Å². The standard InChI is InChI=1S/C15H23N5O/c1-18(2)5-6-19-7-9-20(10-8-19)15-17-13-11-12(16)3-4-14(13)21-15/h3-4,11H,5-10,16H2,1-2H3. The third kappa shape index (κ3) is 3.28. The lowest BCUT2D eigenvalue weighted by atomic mass is 10.3. The summed E-state index contributed by atoms with van der Waals surface area (Å²) < 4.78 is 5.83. The van der Waals surface area contributed by atoms with Gasteiger partial charge < -0.3 is 20.0 Å². The van der Waals surface area contributed by atoms with E-state index in [1.54, 1.807) is 0 Å². The van der Waals surface area contributed by atoms with Gasteiger partial charge in [-0.2, -0.15) is 4.98 Å². The monoisotopic (exact) mass is 289 g/mol. The first-order chi connectivity index (χ1) is 10.1. The molecule has 114 valence electrons.